The van der Waals surface area contributed by atoms with Crippen LogP contribution in [0.5, 0.6) is 0 Å². The molecule has 1 aliphatic rings. The fourth-order valence-corrected chi connectivity index (χ4v) is 2.52. The third-order valence-electron chi connectivity index (χ3n) is 3.44. The van der Waals surface area contributed by atoms with Gasteiger partial charge in [-0.3, -0.25) is 4.79 Å². The third kappa shape index (κ3) is 3.33. The minimum atomic E-state index is -0.756. The molecule has 4 heteroatoms. The summed E-state index contributed by atoms with van der Waals surface area (Å²) in [5, 5.41) is 0. The number of carbonyl (C=O) groups is 1. The van der Waals surface area contributed by atoms with Crippen LogP contribution in [0.15, 0.2) is 28.7 Å². The minimum Gasteiger partial charge on any atom is -0.459 e. The maximum absolute atomic E-state index is 12.0. The van der Waals surface area contributed by atoms with Crippen molar-refractivity contribution in [1.29, 1.82) is 0 Å². The molecule has 98 valence electrons. The second-order valence-electron chi connectivity index (χ2n) is 4.92. The van der Waals surface area contributed by atoms with E-state index in [9.17, 15) is 4.79 Å². The number of carbonyl (C=O) groups excluding carboxylic acids is 1. The number of ether oxygens (including phenoxy) is 1. The lowest BCUT2D eigenvalue weighted by Gasteiger charge is -2.30. The van der Waals surface area contributed by atoms with Gasteiger partial charge in [-0.15, -0.1) is 0 Å². The molecule has 2 N–H and O–H groups in total. The summed E-state index contributed by atoms with van der Waals surface area (Å²) >= 11 is 3.37. The van der Waals surface area contributed by atoms with E-state index in [1.54, 1.807) is 0 Å². The Morgan fingerprint density at radius 1 is 1.22 bits per heavy atom. The Balaban J connectivity index is 1.89. The third-order valence-corrected chi connectivity index (χ3v) is 3.96. The van der Waals surface area contributed by atoms with Crippen LogP contribution in [0.3, 0.4) is 0 Å². The van der Waals surface area contributed by atoms with Gasteiger partial charge in [0.2, 0.25) is 0 Å². The summed E-state index contributed by atoms with van der Waals surface area (Å²) in [6, 6.07) is 7.73. The SMILES string of the molecule is NC1(C(=O)OCc2ccc(Br)cc2)CCCCC1. The monoisotopic (exact) mass is 311 g/mol. The van der Waals surface area contributed by atoms with Gasteiger partial charge in [-0.1, -0.05) is 47.3 Å². The zero-order valence-corrected chi connectivity index (χ0v) is 11.9. The molecule has 0 amide bonds. The Labute approximate surface area is 116 Å². The summed E-state index contributed by atoms with van der Waals surface area (Å²) in [5.74, 6) is -0.259. The number of nitrogens with two attached hydrogens (primary N) is 1. The lowest BCUT2D eigenvalue weighted by atomic mass is 9.83. The number of rotatable bonds is 3. The van der Waals surface area contributed by atoms with E-state index in [0.717, 1.165) is 35.7 Å². The quantitative estimate of drug-likeness (QED) is 0.872. The number of halogens is 1. The molecule has 1 fully saturated rings. The predicted octanol–water partition coefficient (Wildman–Crippen LogP) is 3.15. The average Bonchev–Trinajstić information content (AvgIpc) is 2.38. The number of hydrogen-bond acceptors (Lipinski definition) is 3. The van der Waals surface area contributed by atoms with E-state index in [0.29, 0.717) is 6.61 Å². The summed E-state index contributed by atoms with van der Waals surface area (Å²) in [6.07, 6.45) is 4.69. The molecule has 0 radical (unpaired) electrons. The maximum Gasteiger partial charge on any atom is 0.326 e. The van der Waals surface area contributed by atoms with Gasteiger partial charge in [-0.2, -0.15) is 0 Å². The molecule has 0 bridgehead atoms. The van der Waals surface area contributed by atoms with E-state index in [1.807, 2.05) is 24.3 Å². The lowest BCUT2D eigenvalue weighted by Crippen LogP contribution is -2.50. The van der Waals surface area contributed by atoms with Gasteiger partial charge in [0.05, 0.1) is 0 Å². The van der Waals surface area contributed by atoms with Crippen molar-refractivity contribution in [2.45, 2.75) is 44.2 Å². The van der Waals surface area contributed by atoms with Crippen LogP contribution in [0.25, 0.3) is 0 Å². The average molecular weight is 312 g/mol. The molecule has 0 saturated heterocycles. The first-order chi connectivity index (χ1) is 8.60. The van der Waals surface area contributed by atoms with Gasteiger partial charge in [-0.05, 0) is 30.5 Å². The first-order valence-electron chi connectivity index (χ1n) is 6.31. The van der Waals surface area contributed by atoms with E-state index >= 15 is 0 Å². The van der Waals surface area contributed by atoms with Gasteiger partial charge >= 0.3 is 5.97 Å². The fraction of sp³-hybridized carbons (Fsp3) is 0.500. The topological polar surface area (TPSA) is 52.3 Å². The minimum absolute atomic E-state index is 0.259. The highest BCUT2D eigenvalue weighted by Crippen LogP contribution is 2.27. The van der Waals surface area contributed by atoms with Crippen molar-refractivity contribution in [1.82, 2.24) is 0 Å². The van der Waals surface area contributed by atoms with Crippen LogP contribution < -0.4 is 5.73 Å². The molecule has 1 aliphatic carbocycles. The summed E-state index contributed by atoms with van der Waals surface area (Å²) < 4.78 is 6.35. The second-order valence-corrected chi connectivity index (χ2v) is 5.84. The van der Waals surface area contributed by atoms with Crippen LogP contribution in [0.4, 0.5) is 0 Å². The first kappa shape index (κ1) is 13.6. The molecular formula is C14H18BrNO2. The molecule has 2 rings (SSSR count). The summed E-state index contributed by atoms with van der Waals surface area (Å²) in [7, 11) is 0. The summed E-state index contributed by atoms with van der Waals surface area (Å²) in [6.45, 7) is 0.297. The van der Waals surface area contributed by atoms with Crippen LogP contribution in [-0.4, -0.2) is 11.5 Å². The first-order valence-corrected chi connectivity index (χ1v) is 7.10. The van der Waals surface area contributed by atoms with Gasteiger partial charge in [0.1, 0.15) is 12.1 Å². The summed E-state index contributed by atoms with van der Waals surface area (Å²) in [5.41, 5.74) is 6.33. The van der Waals surface area contributed by atoms with Gasteiger partial charge in [0, 0.05) is 4.47 Å². The van der Waals surface area contributed by atoms with E-state index in [4.69, 9.17) is 10.5 Å². The van der Waals surface area contributed by atoms with Crippen molar-refractivity contribution in [2.75, 3.05) is 0 Å². The fourth-order valence-electron chi connectivity index (χ4n) is 2.26. The van der Waals surface area contributed by atoms with E-state index < -0.39 is 5.54 Å². The number of esters is 1. The molecule has 1 aromatic rings. The standard InChI is InChI=1S/C14H18BrNO2/c15-12-6-4-11(5-7-12)10-18-13(17)14(16)8-2-1-3-9-14/h4-7H,1-3,8-10,16H2. The zero-order chi connectivity index (χ0) is 13.0. The van der Waals surface area contributed by atoms with Crippen LogP contribution in [0.1, 0.15) is 37.7 Å². The van der Waals surface area contributed by atoms with Gasteiger partial charge in [0.25, 0.3) is 0 Å². The lowest BCUT2D eigenvalue weighted by molar-refractivity contribution is -0.152. The Morgan fingerprint density at radius 2 is 1.83 bits per heavy atom. The Hall–Kier alpha value is -0.870. The van der Waals surface area contributed by atoms with Gasteiger partial charge in [-0.25, -0.2) is 0 Å². The van der Waals surface area contributed by atoms with Crippen molar-refractivity contribution in [3.63, 3.8) is 0 Å². The highest BCUT2D eigenvalue weighted by molar-refractivity contribution is 9.10. The molecule has 0 aliphatic heterocycles. The van der Waals surface area contributed by atoms with Crippen molar-refractivity contribution >= 4 is 21.9 Å². The highest BCUT2D eigenvalue weighted by atomic mass is 79.9. The van der Waals surface area contributed by atoms with E-state index in [2.05, 4.69) is 15.9 Å². The molecule has 18 heavy (non-hydrogen) atoms. The second kappa shape index (κ2) is 5.85. The largest absolute Gasteiger partial charge is 0.459 e. The smallest absolute Gasteiger partial charge is 0.326 e. The van der Waals surface area contributed by atoms with Crippen molar-refractivity contribution < 1.29 is 9.53 Å². The van der Waals surface area contributed by atoms with Crippen LogP contribution in [-0.2, 0) is 16.1 Å². The highest BCUT2D eigenvalue weighted by Gasteiger charge is 2.36. The molecule has 0 aromatic heterocycles. The number of benzene rings is 1. The van der Waals surface area contributed by atoms with Crippen LogP contribution >= 0.6 is 15.9 Å². The van der Waals surface area contributed by atoms with Crippen molar-refractivity contribution in [2.24, 2.45) is 5.73 Å². The van der Waals surface area contributed by atoms with Gasteiger partial charge < -0.3 is 10.5 Å². The molecule has 0 unspecified atom stereocenters. The molecule has 0 atom stereocenters. The molecule has 1 saturated carbocycles. The van der Waals surface area contributed by atoms with Crippen molar-refractivity contribution in [3.8, 4) is 0 Å². The normalized spacial score (nSPS) is 18.3. The molecule has 3 nitrogen and oxygen atoms in total. The van der Waals surface area contributed by atoms with E-state index in [-0.39, 0.29) is 5.97 Å². The molecule has 1 aromatic carbocycles. The molecule has 0 heterocycles. The summed E-state index contributed by atoms with van der Waals surface area (Å²) in [4.78, 5) is 12.0. The van der Waals surface area contributed by atoms with E-state index in [1.165, 1.54) is 6.42 Å². The van der Waals surface area contributed by atoms with Crippen LogP contribution in [0, 0.1) is 0 Å². The predicted molar refractivity (Wildman–Crippen MR) is 73.9 cm³/mol. The maximum atomic E-state index is 12.0. The molecule has 0 spiro atoms. The Bertz CT molecular complexity index is 410. The number of hydrogen-bond donors (Lipinski definition) is 1. The van der Waals surface area contributed by atoms with Crippen LogP contribution in [0.2, 0.25) is 0 Å². The Kier molecular flexibility index (Phi) is 4.40. The Morgan fingerprint density at radius 3 is 2.44 bits per heavy atom. The zero-order valence-electron chi connectivity index (χ0n) is 10.3. The van der Waals surface area contributed by atoms with Gasteiger partial charge in [0.15, 0.2) is 0 Å². The van der Waals surface area contributed by atoms with Crippen molar-refractivity contribution in [3.05, 3.63) is 34.3 Å². The molecular weight excluding hydrogens is 294 g/mol.